The van der Waals surface area contributed by atoms with Crippen LogP contribution in [-0.2, 0) is 6.54 Å². The standard InChI is InChI=1S/C17H19ClN6O2/c1-17(25)7-8-23(10-17)14-13-15(20-16(18)19-14)24(22-21-13)9-11-3-5-12(26-2)6-4-11/h3-6,25H,7-10H2,1-2H3. The van der Waals surface area contributed by atoms with Crippen molar-refractivity contribution >= 4 is 28.6 Å². The largest absolute Gasteiger partial charge is 0.497 e. The summed E-state index contributed by atoms with van der Waals surface area (Å²) in [7, 11) is 1.64. The van der Waals surface area contributed by atoms with E-state index in [2.05, 4.69) is 20.3 Å². The quantitative estimate of drug-likeness (QED) is 0.697. The van der Waals surface area contributed by atoms with Crippen molar-refractivity contribution < 1.29 is 9.84 Å². The van der Waals surface area contributed by atoms with Gasteiger partial charge in [0.15, 0.2) is 17.0 Å². The molecular weight excluding hydrogens is 356 g/mol. The Morgan fingerprint density at radius 1 is 1.27 bits per heavy atom. The number of hydrogen-bond acceptors (Lipinski definition) is 7. The Kier molecular flexibility index (Phi) is 4.16. The molecule has 0 amide bonds. The lowest BCUT2D eigenvalue weighted by atomic mass is 10.1. The molecule has 1 aliphatic heterocycles. The second-order valence-corrected chi connectivity index (χ2v) is 7.09. The summed E-state index contributed by atoms with van der Waals surface area (Å²) < 4.78 is 6.88. The van der Waals surface area contributed by atoms with E-state index in [1.807, 2.05) is 36.1 Å². The maximum absolute atomic E-state index is 10.2. The minimum Gasteiger partial charge on any atom is -0.497 e. The number of aliphatic hydroxyl groups is 1. The van der Waals surface area contributed by atoms with Gasteiger partial charge >= 0.3 is 0 Å². The van der Waals surface area contributed by atoms with Gasteiger partial charge in [0.25, 0.3) is 0 Å². The molecule has 0 spiro atoms. The van der Waals surface area contributed by atoms with Crippen LogP contribution in [-0.4, -0.2) is 55.9 Å². The minimum absolute atomic E-state index is 0.136. The number of methoxy groups -OCH3 is 1. The zero-order chi connectivity index (χ0) is 18.3. The van der Waals surface area contributed by atoms with Crippen LogP contribution in [0.1, 0.15) is 18.9 Å². The van der Waals surface area contributed by atoms with Crippen LogP contribution in [0.3, 0.4) is 0 Å². The monoisotopic (exact) mass is 374 g/mol. The van der Waals surface area contributed by atoms with Gasteiger partial charge in [-0.1, -0.05) is 17.3 Å². The van der Waals surface area contributed by atoms with E-state index in [1.54, 1.807) is 11.8 Å². The van der Waals surface area contributed by atoms with E-state index in [1.165, 1.54) is 0 Å². The van der Waals surface area contributed by atoms with E-state index < -0.39 is 5.60 Å². The lowest BCUT2D eigenvalue weighted by Crippen LogP contribution is -2.30. The molecule has 0 aliphatic carbocycles. The molecule has 2 aromatic heterocycles. The summed E-state index contributed by atoms with van der Waals surface area (Å²) in [6.45, 7) is 3.47. The van der Waals surface area contributed by atoms with E-state index >= 15 is 0 Å². The molecule has 136 valence electrons. The fourth-order valence-corrected chi connectivity index (χ4v) is 3.33. The molecule has 1 aliphatic rings. The van der Waals surface area contributed by atoms with E-state index in [0.29, 0.717) is 43.0 Å². The van der Waals surface area contributed by atoms with E-state index in [0.717, 1.165) is 11.3 Å². The first-order valence-electron chi connectivity index (χ1n) is 8.32. The molecule has 8 nitrogen and oxygen atoms in total. The average Bonchev–Trinajstić information content (AvgIpc) is 3.18. The van der Waals surface area contributed by atoms with Gasteiger partial charge < -0.3 is 14.7 Å². The average molecular weight is 375 g/mol. The molecule has 1 saturated heterocycles. The van der Waals surface area contributed by atoms with Crippen LogP contribution >= 0.6 is 11.6 Å². The Bertz CT molecular complexity index is 940. The number of anilines is 1. The maximum atomic E-state index is 10.2. The molecule has 9 heteroatoms. The Hall–Kier alpha value is -2.45. The normalized spacial score (nSPS) is 20.1. The van der Waals surface area contributed by atoms with E-state index in [9.17, 15) is 5.11 Å². The first-order valence-corrected chi connectivity index (χ1v) is 8.70. The van der Waals surface area contributed by atoms with Gasteiger partial charge in [-0.15, -0.1) is 5.10 Å². The number of hydrogen-bond donors (Lipinski definition) is 1. The zero-order valence-electron chi connectivity index (χ0n) is 14.6. The topological polar surface area (TPSA) is 89.2 Å². The van der Waals surface area contributed by atoms with Gasteiger partial charge in [0, 0.05) is 13.1 Å². The van der Waals surface area contributed by atoms with Crippen molar-refractivity contribution in [2.24, 2.45) is 0 Å². The summed E-state index contributed by atoms with van der Waals surface area (Å²) in [5.41, 5.74) is 1.45. The van der Waals surface area contributed by atoms with Crippen LogP contribution in [0.4, 0.5) is 5.82 Å². The summed E-state index contributed by atoms with van der Waals surface area (Å²) in [5.74, 6) is 1.41. The summed E-state index contributed by atoms with van der Waals surface area (Å²) in [5, 5.41) is 18.9. The highest BCUT2D eigenvalue weighted by Crippen LogP contribution is 2.30. The number of aromatic nitrogens is 5. The van der Waals surface area contributed by atoms with Crippen LogP contribution in [0.2, 0.25) is 5.28 Å². The molecule has 0 bridgehead atoms. The predicted octanol–water partition coefficient (Wildman–Crippen LogP) is 1.89. The van der Waals surface area contributed by atoms with Crippen LogP contribution in [0, 0.1) is 0 Å². The van der Waals surface area contributed by atoms with Gasteiger partial charge in [-0.25, -0.2) is 4.68 Å². The van der Waals surface area contributed by atoms with Gasteiger partial charge in [-0.2, -0.15) is 9.97 Å². The van der Waals surface area contributed by atoms with Gasteiger partial charge in [0.05, 0.1) is 19.3 Å². The van der Waals surface area contributed by atoms with E-state index in [-0.39, 0.29) is 5.28 Å². The highest BCUT2D eigenvalue weighted by atomic mass is 35.5. The second-order valence-electron chi connectivity index (χ2n) is 6.75. The highest BCUT2D eigenvalue weighted by molar-refractivity contribution is 6.28. The van der Waals surface area contributed by atoms with Gasteiger partial charge in [0.1, 0.15) is 5.75 Å². The van der Waals surface area contributed by atoms with Gasteiger partial charge in [-0.3, -0.25) is 0 Å². The molecular formula is C17H19ClN6O2. The molecule has 3 heterocycles. The Balaban J connectivity index is 1.69. The summed E-state index contributed by atoms with van der Waals surface area (Å²) in [6, 6.07) is 7.73. The molecule has 1 aromatic carbocycles. The number of halogens is 1. The lowest BCUT2D eigenvalue weighted by molar-refractivity contribution is 0.0839. The van der Waals surface area contributed by atoms with Crippen molar-refractivity contribution in [3.63, 3.8) is 0 Å². The molecule has 3 aromatic rings. The Morgan fingerprint density at radius 3 is 2.69 bits per heavy atom. The molecule has 1 N–H and O–H groups in total. The second kappa shape index (κ2) is 6.37. The van der Waals surface area contributed by atoms with E-state index in [4.69, 9.17) is 16.3 Å². The van der Waals surface area contributed by atoms with Gasteiger partial charge in [-0.05, 0) is 42.6 Å². The molecule has 1 atom stereocenters. The number of benzene rings is 1. The predicted molar refractivity (Wildman–Crippen MR) is 97.7 cm³/mol. The summed E-state index contributed by atoms with van der Waals surface area (Å²) >= 11 is 6.15. The van der Waals surface area contributed by atoms with Crippen molar-refractivity contribution in [1.29, 1.82) is 0 Å². The van der Waals surface area contributed by atoms with Crippen LogP contribution in [0.25, 0.3) is 11.2 Å². The number of nitrogens with zero attached hydrogens (tertiary/aromatic N) is 6. The SMILES string of the molecule is COc1ccc(Cn2nnc3c(N4CCC(C)(O)C4)nc(Cl)nc32)cc1. The zero-order valence-corrected chi connectivity index (χ0v) is 15.3. The maximum Gasteiger partial charge on any atom is 0.226 e. The fraction of sp³-hybridized carbons (Fsp3) is 0.412. The minimum atomic E-state index is -0.747. The number of fused-ring (bicyclic) bond motifs is 1. The number of β-amino-alcohol motifs (C(OH)–C–C–N with tert-alkyl or cyclic N) is 1. The van der Waals surface area contributed by atoms with Crippen molar-refractivity contribution in [3.05, 3.63) is 35.1 Å². The smallest absolute Gasteiger partial charge is 0.226 e. The van der Waals surface area contributed by atoms with Crippen LogP contribution in [0.5, 0.6) is 5.75 Å². The van der Waals surface area contributed by atoms with Crippen molar-refractivity contribution in [2.45, 2.75) is 25.5 Å². The molecule has 0 radical (unpaired) electrons. The molecule has 1 unspecified atom stereocenters. The Morgan fingerprint density at radius 2 is 2.04 bits per heavy atom. The fourth-order valence-electron chi connectivity index (χ4n) is 3.17. The molecule has 1 fully saturated rings. The third-order valence-electron chi connectivity index (χ3n) is 4.56. The summed E-state index contributed by atoms with van der Waals surface area (Å²) in [6.07, 6.45) is 0.663. The Labute approximate surface area is 155 Å². The third kappa shape index (κ3) is 3.17. The third-order valence-corrected chi connectivity index (χ3v) is 4.73. The van der Waals surface area contributed by atoms with Crippen LogP contribution in [0.15, 0.2) is 24.3 Å². The molecule has 4 rings (SSSR count). The van der Waals surface area contributed by atoms with Crippen molar-refractivity contribution in [1.82, 2.24) is 25.0 Å². The van der Waals surface area contributed by atoms with Crippen molar-refractivity contribution in [2.75, 3.05) is 25.1 Å². The first-order chi connectivity index (χ1) is 12.4. The molecule has 26 heavy (non-hydrogen) atoms. The highest BCUT2D eigenvalue weighted by Gasteiger charge is 2.34. The summed E-state index contributed by atoms with van der Waals surface area (Å²) in [4.78, 5) is 10.6. The molecule has 0 saturated carbocycles. The van der Waals surface area contributed by atoms with Crippen molar-refractivity contribution in [3.8, 4) is 5.75 Å². The van der Waals surface area contributed by atoms with Crippen LogP contribution < -0.4 is 9.64 Å². The first kappa shape index (κ1) is 17.0. The number of rotatable bonds is 4. The van der Waals surface area contributed by atoms with Gasteiger partial charge in [0.2, 0.25) is 5.28 Å². The lowest BCUT2D eigenvalue weighted by Gasteiger charge is -2.19. The number of ether oxygens (including phenoxy) is 1.